The number of nitrogens with zero attached hydrogens (tertiary/aromatic N) is 3. The molecule has 1 aliphatic heterocycles. The average Bonchev–Trinajstić information content (AvgIpc) is 2.75. The molecule has 1 aliphatic rings. The van der Waals surface area contributed by atoms with Gasteiger partial charge >= 0.3 is 0 Å². The standard InChI is InChI=1S/C12H10ClFN4O/c13-7-1-2-9(10(14)3-7)12(19)11-6-18(17-16-11)8-4-15-5-8/h1-3,6,8,15H,4-5H2. The quantitative estimate of drug-likeness (QED) is 0.865. The minimum Gasteiger partial charge on any atom is -0.312 e. The Kier molecular flexibility index (Phi) is 3.04. The minimum absolute atomic E-state index is 0.0526. The third kappa shape index (κ3) is 2.24. The molecule has 1 aromatic carbocycles. The Morgan fingerprint density at radius 3 is 2.89 bits per heavy atom. The van der Waals surface area contributed by atoms with E-state index >= 15 is 0 Å². The van der Waals surface area contributed by atoms with Crippen LogP contribution in [0, 0.1) is 5.82 Å². The average molecular weight is 281 g/mol. The summed E-state index contributed by atoms with van der Waals surface area (Å²) in [6, 6.07) is 4.14. The molecule has 2 aromatic rings. The zero-order valence-electron chi connectivity index (χ0n) is 9.81. The van der Waals surface area contributed by atoms with Crippen molar-refractivity contribution in [3.63, 3.8) is 0 Å². The highest BCUT2D eigenvalue weighted by Gasteiger charge is 2.23. The number of ketones is 1. The lowest BCUT2D eigenvalue weighted by Crippen LogP contribution is -2.43. The molecular weight excluding hydrogens is 271 g/mol. The van der Waals surface area contributed by atoms with Crippen molar-refractivity contribution in [3.05, 3.63) is 46.5 Å². The molecule has 0 radical (unpaired) electrons. The molecule has 0 saturated carbocycles. The fourth-order valence-corrected chi connectivity index (χ4v) is 1.99. The molecule has 0 amide bonds. The third-order valence-corrected chi connectivity index (χ3v) is 3.29. The molecule has 98 valence electrons. The number of nitrogens with one attached hydrogen (secondary N) is 1. The van der Waals surface area contributed by atoms with E-state index in [1.54, 1.807) is 10.9 Å². The molecule has 5 nitrogen and oxygen atoms in total. The van der Waals surface area contributed by atoms with Crippen LogP contribution in [0.15, 0.2) is 24.4 Å². The molecule has 0 aliphatic carbocycles. The first-order chi connectivity index (χ1) is 9.15. The predicted molar refractivity (Wildman–Crippen MR) is 66.8 cm³/mol. The van der Waals surface area contributed by atoms with Gasteiger partial charge in [-0.15, -0.1) is 5.10 Å². The lowest BCUT2D eigenvalue weighted by Gasteiger charge is -2.26. The van der Waals surface area contributed by atoms with Crippen LogP contribution >= 0.6 is 11.6 Å². The second kappa shape index (κ2) is 4.71. The molecule has 1 fully saturated rings. The topological polar surface area (TPSA) is 59.8 Å². The number of rotatable bonds is 3. The van der Waals surface area contributed by atoms with E-state index in [2.05, 4.69) is 15.6 Å². The SMILES string of the molecule is O=C(c1cn(C2CNC2)nn1)c1ccc(Cl)cc1F. The van der Waals surface area contributed by atoms with Gasteiger partial charge in [-0.2, -0.15) is 0 Å². The van der Waals surface area contributed by atoms with Gasteiger partial charge in [-0.1, -0.05) is 16.8 Å². The van der Waals surface area contributed by atoms with Gasteiger partial charge in [0, 0.05) is 18.1 Å². The second-order valence-corrected chi connectivity index (χ2v) is 4.79. The van der Waals surface area contributed by atoms with Gasteiger partial charge in [-0.25, -0.2) is 9.07 Å². The van der Waals surface area contributed by atoms with E-state index in [1.807, 2.05) is 0 Å². The molecule has 0 bridgehead atoms. The van der Waals surface area contributed by atoms with Crippen LogP contribution in [0.3, 0.4) is 0 Å². The lowest BCUT2D eigenvalue weighted by molar-refractivity contribution is 0.103. The first-order valence-electron chi connectivity index (χ1n) is 5.77. The van der Waals surface area contributed by atoms with Crippen molar-refractivity contribution in [3.8, 4) is 0 Å². The normalized spacial score (nSPS) is 15.3. The maximum Gasteiger partial charge on any atom is 0.217 e. The molecule has 1 aromatic heterocycles. The van der Waals surface area contributed by atoms with Crippen molar-refractivity contribution in [2.75, 3.05) is 13.1 Å². The number of carbonyl (C=O) groups is 1. The van der Waals surface area contributed by atoms with Crippen LogP contribution in [0.25, 0.3) is 0 Å². The number of hydrogen-bond acceptors (Lipinski definition) is 4. The summed E-state index contributed by atoms with van der Waals surface area (Å²) < 4.78 is 15.3. The Morgan fingerprint density at radius 2 is 2.26 bits per heavy atom. The number of halogens is 2. The predicted octanol–water partition coefficient (Wildman–Crippen LogP) is 1.45. The third-order valence-electron chi connectivity index (χ3n) is 3.05. The maximum atomic E-state index is 13.7. The molecule has 2 heterocycles. The smallest absolute Gasteiger partial charge is 0.217 e. The van der Waals surface area contributed by atoms with Gasteiger partial charge in [0.05, 0.1) is 17.8 Å². The van der Waals surface area contributed by atoms with Crippen LogP contribution in [-0.4, -0.2) is 33.9 Å². The first kappa shape index (κ1) is 12.3. The first-order valence-corrected chi connectivity index (χ1v) is 6.15. The summed E-state index contributed by atoms with van der Waals surface area (Å²) in [6.07, 6.45) is 1.54. The summed E-state index contributed by atoms with van der Waals surface area (Å²) in [5.74, 6) is -1.15. The van der Waals surface area contributed by atoms with E-state index in [0.29, 0.717) is 0 Å². The van der Waals surface area contributed by atoms with Gasteiger partial charge in [0.25, 0.3) is 0 Å². The van der Waals surface area contributed by atoms with Crippen LogP contribution < -0.4 is 5.32 Å². The number of hydrogen-bond donors (Lipinski definition) is 1. The van der Waals surface area contributed by atoms with E-state index in [1.165, 1.54) is 12.1 Å². The van der Waals surface area contributed by atoms with Gasteiger partial charge in [0.2, 0.25) is 5.78 Å². The van der Waals surface area contributed by atoms with E-state index in [0.717, 1.165) is 19.2 Å². The zero-order valence-corrected chi connectivity index (χ0v) is 10.6. The van der Waals surface area contributed by atoms with Gasteiger partial charge in [0.15, 0.2) is 5.69 Å². The van der Waals surface area contributed by atoms with Crippen LogP contribution in [0.1, 0.15) is 22.1 Å². The van der Waals surface area contributed by atoms with Crippen LogP contribution in [0.2, 0.25) is 5.02 Å². The fraction of sp³-hybridized carbons (Fsp3) is 0.250. The summed E-state index contributed by atoms with van der Waals surface area (Å²) in [7, 11) is 0. The molecule has 19 heavy (non-hydrogen) atoms. The zero-order chi connectivity index (χ0) is 13.4. The summed E-state index contributed by atoms with van der Waals surface area (Å²) >= 11 is 5.65. The molecule has 0 unspecified atom stereocenters. The van der Waals surface area contributed by atoms with Crippen molar-refractivity contribution < 1.29 is 9.18 Å². The highest BCUT2D eigenvalue weighted by molar-refractivity contribution is 6.30. The van der Waals surface area contributed by atoms with Crippen LogP contribution in [0.5, 0.6) is 0 Å². The highest BCUT2D eigenvalue weighted by Crippen LogP contribution is 2.18. The molecule has 0 atom stereocenters. The van der Waals surface area contributed by atoms with Crippen molar-refractivity contribution in [1.29, 1.82) is 0 Å². The van der Waals surface area contributed by atoms with E-state index in [4.69, 9.17) is 11.6 Å². The van der Waals surface area contributed by atoms with Crippen molar-refractivity contribution in [1.82, 2.24) is 20.3 Å². The minimum atomic E-state index is -0.655. The van der Waals surface area contributed by atoms with Crippen LogP contribution in [0.4, 0.5) is 4.39 Å². The number of aromatic nitrogens is 3. The number of benzene rings is 1. The molecule has 1 N–H and O–H groups in total. The Morgan fingerprint density at radius 1 is 1.47 bits per heavy atom. The summed E-state index contributed by atoms with van der Waals surface area (Å²) in [5.41, 5.74) is 0.0799. The monoisotopic (exact) mass is 280 g/mol. The highest BCUT2D eigenvalue weighted by atomic mass is 35.5. The Hall–Kier alpha value is -1.79. The van der Waals surface area contributed by atoms with Gasteiger partial charge in [-0.3, -0.25) is 4.79 Å². The van der Waals surface area contributed by atoms with Gasteiger partial charge in [0.1, 0.15) is 5.82 Å². The largest absolute Gasteiger partial charge is 0.312 e. The number of carbonyl (C=O) groups excluding carboxylic acids is 1. The van der Waals surface area contributed by atoms with Crippen LogP contribution in [-0.2, 0) is 0 Å². The van der Waals surface area contributed by atoms with Crippen molar-refractivity contribution in [2.24, 2.45) is 0 Å². The van der Waals surface area contributed by atoms with E-state index in [-0.39, 0.29) is 22.3 Å². The van der Waals surface area contributed by atoms with E-state index in [9.17, 15) is 9.18 Å². The molecular formula is C12H10ClFN4O. The Bertz CT molecular complexity index is 638. The molecule has 7 heteroatoms. The van der Waals surface area contributed by atoms with Gasteiger partial charge < -0.3 is 5.32 Å². The van der Waals surface area contributed by atoms with E-state index < -0.39 is 11.6 Å². The van der Waals surface area contributed by atoms with Gasteiger partial charge in [-0.05, 0) is 18.2 Å². The summed E-state index contributed by atoms with van der Waals surface area (Å²) in [6.45, 7) is 1.60. The summed E-state index contributed by atoms with van der Waals surface area (Å²) in [4.78, 5) is 12.1. The second-order valence-electron chi connectivity index (χ2n) is 4.35. The van der Waals surface area contributed by atoms with Crippen molar-refractivity contribution in [2.45, 2.75) is 6.04 Å². The fourth-order valence-electron chi connectivity index (χ4n) is 1.83. The lowest BCUT2D eigenvalue weighted by atomic mass is 10.1. The maximum absolute atomic E-state index is 13.7. The molecule has 1 saturated heterocycles. The Balaban J connectivity index is 1.88. The Labute approximate surface area is 113 Å². The summed E-state index contributed by atoms with van der Waals surface area (Å²) in [5, 5.41) is 11.0. The molecule has 3 rings (SSSR count). The molecule has 0 spiro atoms. The van der Waals surface area contributed by atoms with Crippen molar-refractivity contribution >= 4 is 17.4 Å².